The van der Waals surface area contributed by atoms with Crippen LogP contribution in [-0.4, -0.2) is 204 Å². The number of amides is 11. The van der Waals surface area contributed by atoms with Gasteiger partial charge in [-0.15, -0.1) is 0 Å². The first-order valence-electron chi connectivity index (χ1n) is 34.7. The standard InChI is InChI=1S/C75H108N12O10/c1-14-57-71(93)82(9)61(41-50(4)5)70(92)81-65(46-56-36-26-18-27-37-56)86(13)75(97)85(12)63(45-55-34-24-17-25-35-55)69(91)80-60(73(95)87-38-28-19-29-39-87)47-66(88)77-52(8)48-76-59(43-53-30-20-15-21-31-53)72(94)84(11)64(42-51(6)7)74(96)83(10)62(44-54-32-22-16-23-33-54)68(90)79-58(40-49(2)3)67(89)78-57/h15-18,20-27,30-37,49-52,57-65,76H,14,19,28-29,38-48H2,1-13H3,(H,77,88)(H,78,89)(H,79,90)(H,80,91)(H,81,92)/t52?,57-,58-,59-,60-,61-,62-,63?,64-,65+/m0/s1. The number of benzene rings is 4. The number of carbonyl (C=O) groups is 10. The van der Waals surface area contributed by atoms with E-state index in [-0.39, 0.29) is 75.7 Å². The fraction of sp³-hybridized carbons (Fsp3) is 0.547. The Hall–Kier alpha value is -8.66. The number of hydrogen-bond acceptors (Lipinski definition) is 11. The number of hydrogen-bond donors (Lipinski definition) is 6. The highest BCUT2D eigenvalue weighted by Gasteiger charge is 2.42. The van der Waals surface area contributed by atoms with Gasteiger partial charge in [-0.05, 0) is 98.3 Å². The summed E-state index contributed by atoms with van der Waals surface area (Å²) in [5.74, 6) is -5.51. The second kappa shape index (κ2) is 37.7. The number of likely N-dealkylation sites (N-methyl/N-ethyl adjacent to an activating group) is 5. The lowest BCUT2D eigenvalue weighted by Crippen LogP contribution is -2.62. The third kappa shape index (κ3) is 23.0. The van der Waals surface area contributed by atoms with Crippen molar-refractivity contribution in [1.82, 2.24) is 61.3 Å². The van der Waals surface area contributed by atoms with Crippen molar-refractivity contribution in [2.24, 2.45) is 17.8 Å². The number of rotatable bonds is 16. The molecular weight excluding hydrogens is 1230 g/mol. The van der Waals surface area contributed by atoms with Gasteiger partial charge in [0, 0.05) is 80.2 Å². The Morgan fingerprint density at radius 1 is 0.433 bits per heavy atom. The second-order valence-electron chi connectivity index (χ2n) is 27.7. The third-order valence-electron chi connectivity index (χ3n) is 18.4. The molecule has 2 aliphatic heterocycles. The lowest BCUT2D eigenvalue weighted by atomic mass is 9.97. The Kier molecular flexibility index (Phi) is 30.1. The van der Waals surface area contributed by atoms with Gasteiger partial charge in [-0.1, -0.05) is 170 Å². The SMILES string of the molecule is CC[C@@H]1NC(=O)[C@H](CC(C)C)NC(=O)[C@H](Cc2ccccc2)N(C)C(=O)[C@H](CC(C)C)N(C)C(=O)[C@H](Cc2ccccc2)NCC(C)NC(=O)C[C@@H](C(=O)N2CCCCC2)NC(=O)C(Cc2ccccc2)N(C)C(=O)N(C)[C@H](Cc2ccccc2)NC(=O)[C@H](CC(C)C)N(C)C1=O. The Labute approximate surface area is 575 Å². The van der Waals surface area contributed by atoms with Gasteiger partial charge in [0.05, 0.1) is 12.5 Å². The van der Waals surface area contributed by atoms with E-state index in [1.807, 2.05) is 163 Å². The predicted octanol–water partition coefficient (Wildman–Crippen LogP) is 6.11. The van der Waals surface area contributed by atoms with Gasteiger partial charge in [-0.2, -0.15) is 0 Å². The summed E-state index contributed by atoms with van der Waals surface area (Å²) in [5, 5.41) is 18.3. The number of carbonyl (C=O) groups excluding carboxylic acids is 10. The molecule has 0 radical (unpaired) electrons. The number of urea groups is 1. The second-order valence-corrected chi connectivity index (χ2v) is 27.7. The quantitative estimate of drug-likeness (QED) is 0.0745. The monoisotopic (exact) mass is 1340 g/mol. The van der Waals surface area contributed by atoms with E-state index in [1.54, 1.807) is 25.8 Å². The van der Waals surface area contributed by atoms with Crippen molar-refractivity contribution in [2.45, 2.75) is 193 Å². The zero-order valence-corrected chi connectivity index (χ0v) is 59.4. The average Bonchev–Trinajstić information content (AvgIpc) is 0.845. The first-order valence-corrected chi connectivity index (χ1v) is 34.7. The number of nitrogens with zero attached hydrogens (tertiary/aromatic N) is 6. The molecule has 0 bridgehead atoms. The molecule has 0 aromatic heterocycles. The largest absolute Gasteiger partial charge is 0.352 e. The average molecular weight is 1340 g/mol. The summed E-state index contributed by atoms with van der Waals surface area (Å²) in [6.45, 7) is 15.9. The number of likely N-dealkylation sites (tertiary alicyclic amines) is 1. The molecule has 4 aromatic carbocycles. The maximum absolute atomic E-state index is 15.4. The smallest absolute Gasteiger partial charge is 0.321 e. The summed E-state index contributed by atoms with van der Waals surface area (Å²) < 4.78 is 0. The molecular formula is C75H108N12O10. The lowest BCUT2D eigenvalue weighted by Gasteiger charge is -2.38. The molecule has 6 N–H and O–H groups in total. The minimum atomic E-state index is -1.36. The minimum absolute atomic E-state index is 0.00299. The predicted molar refractivity (Wildman–Crippen MR) is 376 cm³/mol. The van der Waals surface area contributed by atoms with Gasteiger partial charge in [0.1, 0.15) is 48.5 Å². The van der Waals surface area contributed by atoms with E-state index >= 15 is 28.8 Å². The van der Waals surface area contributed by atoms with E-state index in [2.05, 4.69) is 31.9 Å². The van der Waals surface area contributed by atoms with Crippen molar-refractivity contribution in [1.29, 1.82) is 0 Å². The van der Waals surface area contributed by atoms with Crippen LogP contribution in [0.15, 0.2) is 121 Å². The highest BCUT2D eigenvalue weighted by atomic mass is 16.2. The van der Waals surface area contributed by atoms with E-state index in [9.17, 15) is 19.2 Å². The van der Waals surface area contributed by atoms with Gasteiger partial charge in [0.15, 0.2) is 0 Å². The summed E-state index contributed by atoms with van der Waals surface area (Å²) in [6, 6.07) is 26.2. The van der Waals surface area contributed by atoms with Crippen LogP contribution in [0.25, 0.3) is 0 Å². The van der Waals surface area contributed by atoms with E-state index < -0.39 is 126 Å². The van der Waals surface area contributed by atoms with Crippen molar-refractivity contribution >= 4 is 59.2 Å². The molecule has 0 spiro atoms. The molecule has 4 aromatic rings. The van der Waals surface area contributed by atoms with Crippen LogP contribution in [0.4, 0.5) is 4.79 Å². The van der Waals surface area contributed by atoms with Crippen molar-refractivity contribution < 1.29 is 47.9 Å². The molecule has 97 heavy (non-hydrogen) atoms. The van der Waals surface area contributed by atoms with E-state index in [0.717, 1.165) is 36.0 Å². The van der Waals surface area contributed by atoms with Gasteiger partial charge in [-0.3, -0.25) is 43.2 Å². The molecule has 2 saturated heterocycles. The lowest BCUT2D eigenvalue weighted by molar-refractivity contribution is -0.149. The van der Waals surface area contributed by atoms with Gasteiger partial charge < -0.3 is 61.3 Å². The summed E-state index contributed by atoms with van der Waals surface area (Å²) >= 11 is 0. The molecule has 528 valence electrons. The molecule has 2 heterocycles. The molecule has 2 aliphatic rings. The summed E-state index contributed by atoms with van der Waals surface area (Å²) in [4.78, 5) is 159. The molecule has 11 amide bonds. The molecule has 6 rings (SSSR count). The Morgan fingerprint density at radius 2 is 0.856 bits per heavy atom. The zero-order valence-electron chi connectivity index (χ0n) is 59.4. The van der Waals surface area contributed by atoms with Crippen LogP contribution in [0.1, 0.15) is 129 Å². The van der Waals surface area contributed by atoms with Gasteiger partial charge in [0.25, 0.3) is 0 Å². The summed E-state index contributed by atoms with van der Waals surface area (Å²) in [6.07, 6.45) is 1.82. The summed E-state index contributed by atoms with van der Waals surface area (Å²) in [7, 11) is 7.58. The van der Waals surface area contributed by atoms with Crippen LogP contribution < -0.4 is 31.9 Å². The fourth-order valence-electron chi connectivity index (χ4n) is 12.7. The number of nitrogens with one attached hydrogen (secondary N) is 6. The Bertz CT molecular complexity index is 3230. The van der Waals surface area contributed by atoms with E-state index in [4.69, 9.17) is 0 Å². The van der Waals surface area contributed by atoms with Crippen molar-refractivity contribution in [3.05, 3.63) is 144 Å². The first kappa shape index (κ1) is 77.3. The highest BCUT2D eigenvalue weighted by molar-refractivity contribution is 5.98. The summed E-state index contributed by atoms with van der Waals surface area (Å²) in [5.41, 5.74) is 3.00. The van der Waals surface area contributed by atoms with Crippen molar-refractivity contribution in [3.8, 4) is 0 Å². The van der Waals surface area contributed by atoms with Crippen molar-refractivity contribution in [3.63, 3.8) is 0 Å². The van der Waals surface area contributed by atoms with E-state index in [1.165, 1.54) is 52.7 Å². The van der Waals surface area contributed by atoms with Gasteiger partial charge in [0.2, 0.25) is 53.2 Å². The molecule has 22 nitrogen and oxygen atoms in total. The molecule has 2 fully saturated rings. The van der Waals surface area contributed by atoms with Crippen LogP contribution in [0, 0.1) is 17.8 Å². The molecule has 0 aliphatic carbocycles. The normalized spacial score (nSPS) is 24.5. The maximum atomic E-state index is 15.4. The minimum Gasteiger partial charge on any atom is -0.352 e. The highest BCUT2D eigenvalue weighted by Crippen LogP contribution is 2.23. The van der Waals surface area contributed by atoms with Crippen molar-refractivity contribution in [2.75, 3.05) is 54.9 Å². The van der Waals surface area contributed by atoms with Crippen LogP contribution in [0.2, 0.25) is 0 Å². The van der Waals surface area contributed by atoms with Crippen LogP contribution in [0.5, 0.6) is 0 Å². The first-order chi connectivity index (χ1) is 46.2. The fourth-order valence-corrected chi connectivity index (χ4v) is 12.7. The zero-order chi connectivity index (χ0) is 71.0. The van der Waals surface area contributed by atoms with Crippen LogP contribution in [-0.2, 0) is 68.8 Å². The topological polar surface area (TPSA) is 262 Å². The molecule has 2 unspecified atom stereocenters. The third-order valence-corrected chi connectivity index (χ3v) is 18.4. The molecule has 10 atom stereocenters. The van der Waals surface area contributed by atoms with Crippen LogP contribution >= 0.6 is 0 Å². The molecule has 22 heteroatoms. The molecule has 0 saturated carbocycles. The Morgan fingerprint density at radius 3 is 1.36 bits per heavy atom. The Balaban J connectivity index is 1.47. The van der Waals surface area contributed by atoms with Gasteiger partial charge in [-0.25, -0.2) is 4.79 Å². The number of piperidine rings is 1. The van der Waals surface area contributed by atoms with Crippen LogP contribution in [0.3, 0.4) is 0 Å². The van der Waals surface area contributed by atoms with Gasteiger partial charge >= 0.3 is 6.03 Å². The van der Waals surface area contributed by atoms with E-state index in [0.29, 0.717) is 18.7 Å². The maximum Gasteiger partial charge on any atom is 0.321 e.